The van der Waals surface area contributed by atoms with Crippen LogP contribution in [-0.2, 0) is 4.74 Å². The van der Waals surface area contributed by atoms with Crippen molar-refractivity contribution in [2.24, 2.45) is 0 Å². The van der Waals surface area contributed by atoms with Gasteiger partial charge in [0.1, 0.15) is 6.33 Å². The van der Waals surface area contributed by atoms with E-state index in [9.17, 15) is 0 Å². The van der Waals surface area contributed by atoms with Crippen molar-refractivity contribution in [1.82, 2.24) is 24.5 Å². The van der Waals surface area contributed by atoms with Gasteiger partial charge in [-0.3, -0.25) is 9.30 Å². The summed E-state index contributed by atoms with van der Waals surface area (Å²) < 4.78 is 7.17. The van der Waals surface area contributed by atoms with Crippen molar-refractivity contribution in [1.29, 1.82) is 0 Å². The predicted molar refractivity (Wildman–Crippen MR) is 66.5 cm³/mol. The molecule has 1 aliphatic rings. The number of ether oxygens (including phenoxy) is 1. The van der Waals surface area contributed by atoms with Crippen LogP contribution >= 0.6 is 0 Å². The van der Waals surface area contributed by atoms with Crippen LogP contribution in [0.2, 0.25) is 0 Å². The third-order valence-electron chi connectivity index (χ3n) is 3.04. The van der Waals surface area contributed by atoms with E-state index in [0.717, 1.165) is 50.9 Å². The number of fused-ring (bicyclic) bond motifs is 1. The van der Waals surface area contributed by atoms with Crippen molar-refractivity contribution < 1.29 is 4.74 Å². The van der Waals surface area contributed by atoms with Crippen molar-refractivity contribution in [2.75, 3.05) is 44.7 Å². The molecule has 0 radical (unpaired) electrons. The Labute approximate surface area is 105 Å². The fraction of sp³-hybridized carbons (Fsp3) is 0.545. The van der Waals surface area contributed by atoms with Crippen molar-refractivity contribution in [3.8, 4) is 0 Å². The van der Waals surface area contributed by atoms with Crippen LogP contribution in [0.3, 0.4) is 0 Å². The molecule has 18 heavy (non-hydrogen) atoms. The summed E-state index contributed by atoms with van der Waals surface area (Å²) in [6, 6.07) is 0. The predicted octanol–water partition coefficient (Wildman–Crippen LogP) is -0.132. The zero-order chi connectivity index (χ0) is 12.2. The lowest BCUT2D eigenvalue weighted by Gasteiger charge is -2.26. The molecule has 0 unspecified atom stereocenters. The molecule has 7 nitrogen and oxygen atoms in total. The molecular weight excluding hydrogens is 232 g/mol. The first-order valence-electron chi connectivity index (χ1n) is 6.12. The van der Waals surface area contributed by atoms with E-state index < -0.39 is 0 Å². The standard InChI is InChI=1S/C11H16N6O/c1(3-16-5-7-18-8-6-16)12-10-11-15-14-9-17(11)4-2-13-10/h2,4,9H,1,3,5-8H2,(H,12,13). The molecule has 2 aromatic rings. The third kappa shape index (κ3) is 2.41. The fourth-order valence-corrected chi connectivity index (χ4v) is 2.04. The molecule has 3 rings (SSSR count). The first-order chi connectivity index (χ1) is 8.93. The second-order valence-corrected chi connectivity index (χ2v) is 4.22. The molecule has 0 saturated carbocycles. The highest BCUT2D eigenvalue weighted by Crippen LogP contribution is 2.09. The minimum atomic E-state index is 0.763. The second kappa shape index (κ2) is 5.28. The minimum Gasteiger partial charge on any atom is -0.379 e. The van der Waals surface area contributed by atoms with Crippen LogP contribution in [-0.4, -0.2) is 63.9 Å². The Balaban J connectivity index is 1.57. The van der Waals surface area contributed by atoms with Gasteiger partial charge in [0.15, 0.2) is 5.82 Å². The van der Waals surface area contributed by atoms with E-state index in [2.05, 4.69) is 25.4 Å². The molecule has 0 aromatic carbocycles. The summed E-state index contributed by atoms with van der Waals surface area (Å²) >= 11 is 0. The van der Waals surface area contributed by atoms with Gasteiger partial charge < -0.3 is 10.1 Å². The Morgan fingerprint density at radius 3 is 3.11 bits per heavy atom. The molecule has 7 heteroatoms. The maximum atomic E-state index is 5.32. The van der Waals surface area contributed by atoms with Crippen molar-refractivity contribution >= 4 is 11.5 Å². The number of hydrogen-bond acceptors (Lipinski definition) is 6. The van der Waals surface area contributed by atoms with E-state index in [-0.39, 0.29) is 0 Å². The minimum absolute atomic E-state index is 0.763. The Kier molecular flexibility index (Phi) is 3.33. The molecule has 2 aromatic heterocycles. The van der Waals surface area contributed by atoms with Crippen LogP contribution in [0.5, 0.6) is 0 Å². The van der Waals surface area contributed by atoms with Crippen LogP contribution in [0.15, 0.2) is 18.7 Å². The number of rotatable bonds is 4. The number of morpholine rings is 1. The number of anilines is 1. The van der Waals surface area contributed by atoms with Gasteiger partial charge >= 0.3 is 0 Å². The lowest BCUT2D eigenvalue weighted by Crippen LogP contribution is -2.39. The first-order valence-corrected chi connectivity index (χ1v) is 6.12. The third-order valence-corrected chi connectivity index (χ3v) is 3.04. The number of aromatic nitrogens is 4. The lowest BCUT2D eigenvalue weighted by molar-refractivity contribution is 0.0398. The summed E-state index contributed by atoms with van der Waals surface area (Å²) in [4.78, 5) is 6.66. The van der Waals surface area contributed by atoms with Gasteiger partial charge in [0.2, 0.25) is 5.65 Å². The average molecular weight is 248 g/mol. The van der Waals surface area contributed by atoms with Gasteiger partial charge in [-0.15, -0.1) is 10.2 Å². The lowest BCUT2D eigenvalue weighted by atomic mass is 10.4. The van der Waals surface area contributed by atoms with Gasteiger partial charge in [0, 0.05) is 38.6 Å². The topological polar surface area (TPSA) is 67.6 Å². The van der Waals surface area contributed by atoms with E-state index in [1.807, 2.05) is 10.6 Å². The zero-order valence-corrected chi connectivity index (χ0v) is 10.1. The molecule has 1 fully saturated rings. The van der Waals surface area contributed by atoms with Gasteiger partial charge in [-0.1, -0.05) is 0 Å². The summed E-state index contributed by atoms with van der Waals surface area (Å²) in [5, 5.41) is 11.2. The number of nitrogens with zero attached hydrogens (tertiary/aromatic N) is 5. The van der Waals surface area contributed by atoms with Gasteiger partial charge in [-0.05, 0) is 0 Å². The Hall–Kier alpha value is -1.73. The monoisotopic (exact) mass is 248 g/mol. The maximum Gasteiger partial charge on any atom is 0.203 e. The highest BCUT2D eigenvalue weighted by atomic mass is 16.5. The summed E-state index contributed by atoms with van der Waals surface area (Å²) in [7, 11) is 0. The van der Waals surface area contributed by atoms with Crippen LogP contribution in [0.1, 0.15) is 0 Å². The largest absolute Gasteiger partial charge is 0.379 e. The normalized spacial score (nSPS) is 17.1. The Morgan fingerprint density at radius 2 is 2.22 bits per heavy atom. The molecular formula is C11H16N6O. The second-order valence-electron chi connectivity index (χ2n) is 4.22. The number of nitrogens with one attached hydrogen (secondary N) is 1. The molecule has 0 bridgehead atoms. The smallest absolute Gasteiger partial charge is 0.203 e. The zero-order valence-electron chi connectivity index (χ0n) is 10.1. The van der Waals surface area contributed by atoms with Gasteiger partial charge in [0.25, 0.3) is 0 Å². The Morgan fingerprint density at radius 1 is 1.33 bits per heavy atom. The maximum absolute atomic E-state index is 5.32. The molecule has 3 heterocycles. The number of hydrogen-bond donors (Lipinski definition) is 1. The van der Waals surface area contributed by atoms with E-state index in [0.29, 0.717) is 0 Å². The molecule has 1 saturated heterocycles. The molecule has 0 spiro atoms. The van der Waals surface area contributed by atoms with Gasteiger partial charge in [-0.25, -0.2) is 4.98 Å². The van der Waals surface area contributed by atoms with Crippen molar-refractivity contribution in [3.05, 3.63) is 18.7 Å². The average Bonchev–Trinajstić information content (AvgIpc) is 2.89. The highest BCUT2D eigenvalue weighted by Gasteiger charge is 2.10. The van der Waals surface area contributed by atoms with Crippen LogP contribution < -0.4 is 5.32 Å². The molecule has 0 amide bonds. The quantitative estimate of drug-likeness (QED) is 0.813. The van der Waals surface area contributed by atoms with Crippen molar-refractivity contribution in [3.63, 3.8) is 0 Å². The molecule has 0 aliphatic carbocycles. The van der Waals surface area contributed by atoms with E-state index >= 15 is 0 Å². The van der Waals surface area contributed by atoms with E-state index in [1.54, 1.807) is 12.5 Å². The van der Waals surface area contributed by atoms with Gasteiger partial charge in [0.05, 0.1) is 13.2 Å². The Bertz CT molecular complexity index is 507. The summed E-state index contributed by atoms with van der Waals surface area (Å²) in [6.45, 7) is 5.50. The van der Waals surface area contributed by atoms with E-state index in [1.165, 1.54) is 0 Å². The summed E-state index contributed by atoms with van der Waals surface area (Å²) in [5.41, 5.74) is 0.763. The summed E-state index contributed by atoms with van der Waals surface area (Å²) in [5.74, 6) is 0.781. The highest BCUT2D eigenvalue weighted by molar-refractivity contribution is 5.61. The van der Waals surface area contributed by atoms with Crippen LogP contribution in [0.25, 0.3) is 5.65 Å². The molecule has 1 N–H and O–H groups in total. The van der Waals surface area contributed by atoms with Gasteiger partial charge in [-0.2, -0.15) is 0 Å². The van der Waals surface area contributed by atoms with E-state index in [4.69, 9.17) is 4.74 Å². The summed E-state index contributed by atoms with van der Waals surface area (Å²) in [6.07, 6.45) is 5.25. The van der Waals surface area contributed by atoms with Crippen molar-refractivity contribution in [2.45, 2.75) is 0 Å². The van der Waals surface area contributed by atoms with Crippen LogP contribution in [0, 0.1) is 0 Å². The molecule has 96 valence electrons. The van der Waals surface area contributed by atoms with Crippen LogP contribution in [0.4, 0.5) is 5.82 Å². The fourth-order valence-electron chi connectivity index (χ4n) is 2.04. The molecule has 1 aliphatic heterocycles. The first kappa shape index (κ1) is 11.4. The molecule has 0 atom stereocenters. The SMILES string of the molecule is c1cn2cnnc2c(NCCN2CCOCC2)n1.